The maximum atomic E-state index is 10.0. The lowest BCUT2D eigenvalue weighted by Gasteiger charge is -2.30. The maximum Gasteiger partial charge on any atom is 0.0600 e. The molecule has 1 aliphatic carbocycles. The second-order valence-corrected chi connectivity index (χ2v) is 6.79. The number of aliphatic hydroxyl groups excluding tert-OH is 1. The van der Waals surface area contributed by atoms with Crippen molar-refractivity contribution < 1.29 is 5.11 Å². The molecule has 1 fully saturated rings. The summed E-state index contributed by atoms with van der Waals surface area (Å²) in [6.07, 6.45) is 3.45. The highest BCUT2D eigenvalue weighted by molar-refractivity contribution is 4.86. The summed E-state index contributed by atoms with van der Waals surface area (Å²) in [5.74, 6) is 0.729. The number of nitrogens with zero attached hydrogens (tertiary/aromatic N) is 1. The van der Waals surface area contributed by atoms with Gasteiger partial charge in [0.05, 0.1) is 6.10 Å². The summed E-state index contributed by atoms with van der Waals surface area (Å²) >= 11 is 0. The van der Waals surface area contributed by atoms with Crippen LogP contribution < -0.4 is 0 Å². The van der Waals surface area contributed by atoms with Gasteiger partial charge in [-0.1, -0.05) is 34.6 Å². The topological polar surface area (TPSA) is 23.5 Å². The molecule has 0 aliphatic heterocycles. The van der Waals surface area contributed by atoms with E-state index in [0.717, 1.165) is 24.9 Å². The van der Waals surface area contributed by atoms with E-state index in [9.17, 15) is 5.11 Å². The molecule has 1 atom stereocenters. The third-order valence-corrected chi connectivity index (χ3v) is 3.35. The van der Waals surface area contributed by atoms with Crippen molar-refractivity contribution in [3.63, 3.8) is 0 Å². The molecule has 16 heavy (non-hydrogen) atoms. The Bertz CT molecular complexity index is 203. The van der Waals surface area contributed by atoms with Crippen molar-refractivity contribution in [2.45, 2.75) is 66.0 Å². The normalized spacial score (nSPS) is 19.5. The predicted octanol–water partition coefficient (Wildman–Crippen LogP) is 2.90. The van der Waals surface area contributed by atoms with Gasteiger partial charge in [-0.15, -0.1) is 0 Å². The third kappa shape index (κ3) is 4.84. The van der Waals surface area contributed by atoms with E-state index in [1.165, 1.54) is 19.4 Å². The molecule has 0 saturated heterocycles. The van der Waals surface area contributed by atoms with Gasteiger partial charge in [-0.3, -0.25) is 0 Å². The molecule has 96 valence electrons. The van der Waals surface area contributed by atoms with Crippen LogP contribution >= 0.6 is 0 Å². The van der Waals surface area contributed by atoms with Crippen molar-refractivity contribution in [1.29, 1.82) is 0 Å². The molecule has 0 heterocycles. The number of hydrogen-bond donors (Lipinski definition) is 1. The highest BCUT2D eigenvalue weighted by Gasteiger charge is 2.30. The van der Waals surface area contributed by atoms with E-state index < -0.39 is 0 Å². The van der Waals surface area contributed by atoms with Crippen molar-refractivity contribution in [2.24, 2.45) is 11.3 Å². The Morgan fingerprint density at radius 3 is 2.19 bits per heavy atom. The first-order valence-corrected chi connectivity index (χ1v) is 6.73. The van der Waals surface area contributed by atoms with Gasteiger partial charge in [0.25, 0.3) is 0 Å². The summed E-state index contributed by atoms with van der Waals surface area (Å²) in [5.41, 5.74) is 0.0209. The van der Waals surface area contributed by atoms with Crippen molar-refractivity contribution in [3.8, 4) is 0 Å². The Labute approximate surface area is 101 Å². The van der Waals surface area contributed by atoms with Crippen LogP contribution in [0.4, 0.5) is 0 Å². The molecule has 0 aromatic heterocycles. The molecule has 2 nitrogen and oxygen atoms in total. The Kier molecular flexibility index (Phi) is 4.81. The fourth-order valence-electron chi connectivity index (χ4n) is 2.05. The van der Waals surface area contributed by atoms with Gasteiger partial charge in [-0.2, -0.15) is 0 Å². The van der Waals surface area contributed by atoms with E-state index in [1.807, 2.05) is 0 Å². The molecule has 1 rings (SSSR count). The average molecular weight is 227 g/mol. The molecule has 0 aromatic carbocycles. The minimum absolute atomic E-state index is 0.0209. The first-order chi connectivity index (χ1) is 7.30. The van der Waals surface area contributed by atoms with E-state index in [0.29, 0.717) is 0 Å². The third-order valence-electron chi connectivity index (χ3n) is 3.35. The van der Waals surface area contributed by atoms with E-state index in [1.54, 1.807) is 0 Å². The Morgan fingerprint density at radius 2 is 1.81 bits per heavy atom. The zero-order valence-corrected chi connectivity index (χ0v) is 11.7. The highest BCUT2D eigenvalue weighted by atomic mass is 16.3. The number of rotatable bonds is 6. The molecular weight excluding hydrogens is 198 g/mol. The average Bonchev–Trinajstić information content (AvgIpc) is 2.92. The van der Waals surface area contributed by atoms with E-state index >= 15 is 0 Å². The van der Waals surface area contributed by atoms with Crippen LogP contribution in [0.5, 0.6) is 0 Å². The van der Waals surface area contributed by atoms with Crippen LogP contribution in [-0.4, -0.2) is 35.2 Å². The molecule has 0 radical (unpaired) electrons. The fraction of sp³-hybridized carbons (Fsp3) is 1.00. The molecule has 0 aromatic rings. The highest BCUT2D eigenvalue weighted by Crippen LogP contribution is 2.29. The van der Waals surface area contributed by atoms with Crippen LogP contribution in [0.25, 0.3) is 0 Å². The summed E-state index contributed by atoms with van der Waals surface area (Å²) in [7, 11) is 0. The van der Waals surface area contributed by atoms with Gasteiger partial charge in [0.2, 0.25) is 0 Å². The van der Waals surface area contributed by atoms with Gasteiger partial charge in [-0.05, 0) is 30.6 Å². The van der Waals surface area contributed by atoms with E-state index in [2.05, 4.69) is 39.5 Å². The first-order valence-electron chi connectivity index (χ1n) is 6.73. The van der Waals surface area contributed by atoms with Crippen molar-refractivity contribution in [1.82, 2.24) is 4.90 Å². The molecule has 1 N–H and O–H groups in total. The number of hydrogen-bond acceptors (Lipinski definition) is 2. The van der Waals surface area contributed by atoms with Crippen LogP contribution in [0.2, 0.25) is 0 Å². The molecule has 1 unspecified atom stereocenters. The Balaban J connectivity index is 2.32. The summed E-state index contributed by atoms with van der Waals surface area (Å²) < 4.78 is 0. The van der Waals surface area contributed by atoms with Gasteiger partial charge in [0.1, 0.15) is 0 Å². The quantitative estimate of drug-likeness (QED) is 0.754. The second kappa shape index (κ2) is 5.50. The second-order valence-electron chi connectivity index (χ2n) is 6.79. The zero-order chi connectivity index (χ0) is 12.3. The lowest BCUT2D eigenvalue weighted by Crippen LogP contribution is -2.35. The van der Waals surface area contributed by atoms with Crippen LogP contribution in [0.3, 0.4) is 0 Å². The molecular formula is C14H29NO. The van der Waals surface area contributed by atoms with Crippen molar-refractivity contribution in [3.05, 3.63) is 0 Å². The fourth-order valence-corrected chi connectivity index (χ4v) is 2.05. The molecule has 0 spiro atoms. The lowest BCUT2D eigenvalue weighted by molar-refractivity contribution is 0.0435. The summed E-state index contributed by atoms with van der Waals surface area (Å²) in [4.78, 5) is 2.57. The van der Waals surface area contributed by atoms with E-state index in [-0.39, 0.29) is 11.5 Å². The van der Waals surface area contributed by atoms with Crippen molar-refractivity contribution >= 4 is 0 Å². The van der Waals surface area contributed by atoms with Crippen LogP contribution in [-0.2, 0) is 0 Å². The van der Waals surface area contributed by atoms with Gasteiger partial charge >= 0.3 is 0 Å². The van der Waals surface area contributed by atoms with Gasteiger partial charge in [0, 0.05) is 19.1 Å². The molecule has 2 heteroatoms. The zero-order valence-electron chi connectivity index (χ0n) is 11.7. The van der Waals surface area contributed by atoms with Crippen molar-refractivity contribution in [2.75, 3.05) is 13.1 Å². The molecule has 1 saturated carbocycles. The Morgan fingerprint density at radius 1 is 1.25 bits per heavy atom. The minimum Gasteiger partial charge on any atom is -0.393 e. The smallest absolute Gasteiger partial charge is 0.0600 e. The standard InChI is InChI=1S/C14H29NO/c1-11(2)10-15(12-6-7-12)9-8-13(16)14(3,4)5/h11-13,16H,6-10H2,1-5H3. The monoisotopic (exact) mass is 227 g/mol. The first kappa shape index (κ1) is 14.0. The van der Waals surface area contributed by atoms with Crippen LogP contribution in [0.1, 0.15) is 53.9 Å². The molecule has 0 bridgehead atoms. The van der Waals surface area contributed by atoms with Gasteiger partial charge < -0.3 is 10.0 Å². The van der Waals surface area contributed by atoms with Crippen LogP contribution in [0, 0.1) is 11.3 Å². The maximum absolute atomic E-state index is 10.0. The van der Waals surface area contributed by atoms with Crippen LogP contribution in [0.15, 0.2) is 0 Å². The van der Waals surface area contributed by atoms with Gasteiger partial charge in [-0.25, -0.2) is 0 Å². The lowest BCUT2D eigenvalue weighted by atomic mass is 9.87. The Hall–Kier alpha value is -0.0800. The summed E-state index contributed by atoms with van der Waals surface area (Å²) in [5, 5.41) is 10.0. The summed E-state index contributed by atoms with van der Waals surface area (Å²) in [6.45, 7) is 13.1. The molecule has 0 amide bonds. The van der Waals surface area contributed by atoms with E-state index in [4.69, 9.17) is 0 Å². The summed E-state index contributed by atoms with van der Waals surface area (Å²) in [6, 6.07) is 0.814. The minimum atomic E-state index is -0.180. The number of aliphatic hydroxyl groups is 1. The SMILES string of the molecule is CC(C)CN(CCC(O)C(C)(C)C)C1CC1. The van der Waals surface area contributed by atoms with Gasteiger partial charge in [0.15, 0.2) is 0 Å². The molecule has 1 aliphatic rings. The largest absolute Gasteiger partial charge is 0.393 e. The predicted molar refractivity (Wildman–Crippen MR) is 69.5 cm³/mol.